The number of carbonyl (C=O) groups excluding carboxylic acids is 2. The van der Waals surface area contributed by atoms with Gasteiger partial charge in [0, 0.05) is 12.5 Å². The highest BCUT2D eigenvalue weighted by molar-refractivity contribution is 5.85. The number of hydrogen-bond donors (Lipinski definition) is 2. The van der Waals surface area contributed by atoms with Crippen molar-refractivity contribution in [1.82, 2.24) is 10.6 Å². The zero-order chi connectivity index (χ0) is 10.3. The fourth-order valence-corrected chi connectivity index (χ4v) is 0.620. The van der Waals surface area contributed by atoms with Crippen LogP contribution in [-0.2, 0) is 9.59 Å². The Morgan fingerprint density at radius 2 is 2.00 bits per heavy atom. The first-order valence-corrected chi connectivity index (χ1v) is 4.23. The Balaban J connectivity index is 3.57. The van der Waals surface area contributed by atoms with Gasteiger partial charge in [0.15, 0.2) is 0 Å². The van der Waals surface area contributed by atoms with Gasteiger partial charge in [0.2, 0.25) is 11.8 Å². The maximum atomic E-state index is 11.0. The molecule has 4 heteroatoms. The van der Waals surface area contributed by atoms with Gasteiger partial charge < -0.3 is 10.6 Å². The monoisotopic (exact) mass is 184 g/mol. The number of hydrogen-bond acceptors (Lipinski definition) is 2. The minimum Gasteiger partial charge on any atom is -0.351 e. The molecule has 0 aromatic heterocycles. The van der Waals surface area contributed by atoms with E-state index in [1.807, 2.05) is 0 Å². The number of amides is 2. The Bertz CT molecular complexity index is 200. The van der Waals surface area contributed by atoms with Crippen LogP contribution in [-0.4, -0.2) is 24.9 Å². The van der Waals surface area contributed by atoms with Crippen LogP contribution in [0.25, 0.3) is 0 Å². The lowest BCUT2D eigenvalue weighted by atomic mass is 10.2. The van der Waals surface area contributed by atoms with Crippen LogP contribution in [0.1, 0.15) is 13.8 Å². The molecule has 0 rings (SSSR count). The van der Waals surface area contributed by atoms with E-state index in [0.717, 1.165) is 0 Å². The van der Waals surface area contributed by atoms with E-state index in [2.05, 4.69) is 17.2 Å². The maximum Gasteiger partial charge on any atom is 0.239 e. The summed E-state index contributed by atoms with van der Waals surface area (Å²) in [7, 11) is 0. The SMILES string of the molecule is C=CCNC(=O)CNC(=O)C(C)C. The van der Waals surface area contributed by atoms with Crippen LogP contribution < -0.4 is 10.6 Å². The molecule has 0 fully saturated rings. The Morgan fingerprint density at radius 1 is 1.38 bits per heavy atom. The summed E-state index contributed by atoms with van der Waals surface area (Å²) in [5.74, 6) is -0.408. The highest BCUT2D eigenvalue weighted by atomic mass is 16.2. The third kappa shape index (κ3) is 5.90. The van der Waals surface area contributed by atoms with Crippen molar-refractivity contribution in [2.45, 2.75) is 13.8 Å². The Labute approximate surface area is 78.4 Å². The summed E-state index contributed by atoms with van der Waals surface area (Å²) < 4.78 is 0. The molecule has 0 aliphatic carbocycles. The normalized spacial score (nSPS) is 9.46. The number of carbonyl (C=O) groups is 2. The van der Waals surface area contributed by atoms with Crippen LogP contribution in [0.3, 0.4) is 0 Å². The van der Waals surface area contributed by atoms with Crippen molar-refractivity contribution in [1.29, 1.82) is 0 Å². The molecule has 0 saturated heterocycles. The van der Waals surface area contributed by atoms with E-state index in [-0.39, 0.29) is 24.3 Å². The van der Waals surface area contributed by atoms with Crippen molar-refractivity contribution in [2.75, 3.05) is 13.1 Å². The smallest absolute Gasteiger partial charge is 0.239 e. The second-order valence-electron chi connectivity index (χ2n) is 2.97. The molecule has 4 nitrogen and oxygen atoms in total. The first-order chi connectivity index (χ1) is 6.07. The van der Waals surface area contributed by atoms with Crippen molar-refractivity contribution >= 4 is 11.8 Å². The lowest BCUT2D eigenvalue weighted by Gasteiger charge is -2.06. The molecule has 13 heavy (non-hydrogen) atoms. The summed E-state index contributed by atoms with van der Waals surface area (Å²) in [5, 5.41) is 5.06. The molecule has 2 amide bonds. The Morgan fingerprint density at radius 3 is 2.46 bits per heavy atom. The topological polar surface area (TPSA) is 58.2 Å². The zero-order valence-corrected chi connectivity index (χ0v) is 8.09. The molecule has 0 radical (unpaired) electrons. The Hall–Kier alpha value is -1.32. The molecule has 0 heterocycles. The fourth-order valence-electron chi connectivity index (χ4n) is 0.620. The molecule has 0 aliphatic heterocycles. The van der Waals surface area contributed by atoms with Gasteiger partial charge in [-0.3, -0.25) is 9.59 Å². The summed E-state index contributed by atoms with van der Waals surface area (Å²) >= 11 is 0. The predicted octanol–water partition coefficient (Wildman–Crippen LogP) is 0.0608. The largest absolute Gasteiger partial charge is 0.351 e. The van der Waals surface area contributed by atoms with Gasteiger partial charge in [-0.2, -0.15) is 0 Å². The fraction of sp³-hybridized carbons (Fsp3) is 0.556. The third-order valence-electron chi connectivity index (χ3n) is 1.39. The van der Waals surface area contributed by atoms with Gasteiger partial charge in [-0.15, -0.1) is 6.58 Å². The minimum atomic E-state index is -0.200. The lowest BCUT2D eigenvalue weighted by Crippen LogP contribution is -2.38. The number of nitrogens with one attached hydrogen (secondary N) is 2. The van der Waals surface area contributed by atoms with Crippen molar-refractivity contribution in [2.24, 2.45) is 5.92 Å². The average molecular weight is 184 g/mol. The van der Waals surface area contributed by atoms with Gasteiger partial charge in [-0.1, -0.05) is 19.9 Å². The van der Waals surface area contributed by atoms with Gasteiger partial charge in [0.05, 0.1) is 6.54 Å². The van der Waals surface area contributed by atoms with E-state index in [1.54, 1.807) is 19.9 Å². The van der Waals surface area contributed by atoms with E-state index < -0.39 is 0 Å². The van der Waals surface area contributed by atoms with Crippen molar-refractivity contribution in [3.63, 3.8) is 0 Å². The highest BCUT2D eigenvalue weighted by Gasteiger charge is 2.07. The number of rotatable bonds is 5. The molecule has 0 bridgehead atoms. The standard InChI is InChI=1S/C9H16N2O2/c1-4-5-10-8(12)6-11-9(13)7(2)3/h4,7H,1,5-6H2,2-3H3,(H,10,12)(H,11,13). The quantitative estimate of drug-likeness (QED) is 0.594. The summed E-state index contributed by atoms with van der Waals surface area (Å²) in [6.45, 7) is 7.46. The van der Waals surface area contributed by atoms with E-state index in [0.29, 0.717) is 6.54 Å². The molecule has 0 aromatic carbocycles. The second kappa shape index (κ2) is 6.22. The zero-order valence-electron chi connectivity index (χ0n) is 8.09. The van der Waals surface area contributed by atoms with Crippen LogP contribution in [0.2, 0.25) is 0 Å². The average Bonchev–Trinajstić information content (AvgIpc) is 2.10. The first-order valence-electron chi connectivity index (χ1n) is 4.23. The molecule has 0 aromatic rings. The highest BCUT2D eigenvalue weighted by Crippen LogP contribution is 1.88. The third-order valence-corrected chi connectivity index (χ3v) is 1.39. The second-order valence-corrected chi connectivity index (χ2v) is 2.97. The van der Waals surface area contributed by atoms with E-state index in [1.165, 1.54) is 0 Å². The van der Waals surface area contributed by atoms with Crippen LogP contribution in [0, 0.1) is 5.92 Å². The maximum absolute atomic E-state index is 11.0. The van der Waals surface area contributed by atoms with Gasteiger partial charge in [0.25, 0.3) is 0 Å². The summed E-state index contributed by atoms with van der Waals surface area (Å²) in [4.78, 5) is 22.0. The molecule has 0 spiro atoms. The molecular weight excluding hydrogens is 168 g/mol. The van der Waals surface area contributed by atoms with Crippen LogP contribution >= 0.6 is 0 Å². The van der Waals surface area contributed by atoms with Gasteiger partial charge >= 0.3 is 0 Å². The molecule has 0 saturated carbocycles. The molecule has 74 valence electrons. The predicted molar refractivity (Wildman–Crippen MR) is 51.1 cm³/mol. The van der Waals surface area contributed by atoms with E-state index in [4.69, 9.17) is 0 Å². The molecule has 0 aliphatic rings. The minimum absolute atomic E-state index is 0.0326. The van der Waals surface area contributed by atoms with Crippen molar-refractivity contribution in [3.05, 3.63) is 12.7 Å². The van der Waals surface area contributed by atoms with Gasteiger partial charge in [-0.05, 0) is 0 Å². The van der Waals surface area contributed by atoms with Crippen LogP contribution in [0.15, 0.2) is 12.7 Å². The van der Waals surface area contributed by atoms with Crippen LogP contribution in [0.4, 0.5) is 0 Å². The van der Waals surface area contributed by atoms with E-state index in [9.17, 15) is 9.59 Å². The molecule has 0 atom stereocenters. The van der Waals surface area contributed by atoms with Gasteiger partial charge in [0.1, 0.15) is 0 Å². The van der Waals surface area contributed by atoms with Gasteiger partial charge in [-0.25, -0.2) is 0 Å². The van der Waals surface area contributed by atoms with Crippen molar-refractivity contribution < 1.29 is 9.59 Å². The van der Waals surface area contributed by atoms with E-state index >= 15 is 0 Å². The molecule has 2 N–H and O–H groups in total. The first kappa shape index (κ1) is 11.7. The lowest BCUT2D eigenvalue weighted by molar-refractivity contribution is -0.127. The summed E-state index contributed by atoms with van der Waals surface area (Å²) in [6.07, 6.45) is 1.59. The summed E-state index contributed by atoms with van der Waals surface area (Å²) in [5.41, 5.74) is 0. The summed E-state index contributed by atoms with van der Waals surface area (Å²) in [6, 6.07) is 0. The molecule has 0 unspecified atom stereocenters. The van der Waals surface area contributed by atoms with Crippen LogP contribution in [0.5, 0.6) is 0 Å². The Kier molecular flexibility index (Phi) is 5.59. The van der Waals surface area contributed by atoms with Crippen molar-refractivity contribution in [3.8, 4) is 0 Å². The molecular formula is C9H16N2O2.